The van der Waals surface area contributed by atoms with Crippen LogP contribution in [0.3, 0.4) is 0 Å². The monoisotopic (exact) mass is 268 g/mol. The lowest BCUT2D eigenvalue weighted by molar-refractivity contribution is 0.120. The van der Waals surface area contributed by atoms with Gasteiger partial charge in [0.15, 0.2) is 0 Å². The van der Waals surface area contributed by atoms with Crippen LogP contribution in [0.1, 0.15) is 58.8 Å². The number of rotatable bonds is 7. The summed E-state index contributed by atoms with van der Waals surface area (Å²) in [6.07, 6.45) is 9.04. The highest BCUT2D eigenvalue weighted by molar-refractivity contribution is 4.86. The fourth-order valence-electron chi connectivity index (χ4n) is 3.18. The molecule has 2 fully saturated rings. The highest BCUT2D eigenvalue weighted by atomic mass is 16.3. The van der Waals surface area contributed by atoms with Crippen LogP contribution in [0.4, 0.5) is 0 Å². The van der Waals surface area contributed by atoms with Crippen molar-refractivity contribution in [2.45, 2.75) is 76.9 Å². The van der Waals surface area contributed by atoms with Crippen LogP contribution >= 0.6 is 0 Å². The third-order valence-electron chi connectivity index (χ3n) is 5.03. The lowest BCUT2D eigenvalue weighted by atomic mass is 9.75. The van der Waals surface area contributed by atoms with Gasteiger partial charge in [0.25, 0.3) is 0 Å². The Balaban J connectivity index is 1.66. The minimum absolute atomic E-state index is 0.280. The Morgan fingerprint density at radius 1 is 1.21 bits per heavy atom. The Hall–Kier alpha value is -0.120. The number of aliphatic hydroxyl groups excluding tert-OH is 1. The van der Waals surface area contributed by atoms with E-state index in [9.17, 15) is 5.11 Å². The van der Waals surface area contributed by atoms with Crippen LogP contribution in [0, 0.1) is 5.41 Å². The summed E-state index contributed by atoms with van der Waals surface area (Å²) in [5.74, 6) is 0. The molecule has 0 saturated heterocycles. The van der Waals surface area contributed by atoms with Crippen LogP contribution in [0.5, 0.6) is 0 Å². The van der Waals surface area contributed by atoms with Gasteiger partial charge < -0.3 is 15.3 Å². The molecule has 0 aromatic carbocycles. The summed E-state index contributed by atoms with van der Waals surface area (Å²) in [4.78, 5) is 2.52. The summed E-state index contributed by atoms with van der Waals surface area (Å²) in [7, 11) is 2.26. The topological polar surface area (TPSA) is 35.5 Å². The van der Waals surface area contributed by atoms with Crippen molar-refractivity contribution in [2.24, 2.45) is 5.41 Å². The Morgan fingerprint density at radius 3 is 2.37 bits per heavy atom. The molecule has 2 aliphatic carbocycles. The number of nitrogens with one attached hydrogen (secondary N) is 1. The second kappa shape index (κ2) is 6.55. The SMILES string of the molecule is CN(CCC(CO)NC1CC1)C1CCC(C)(C)CC1. The van der Waals surface area contributed by atoms with Gasteiger partial charge in [0, 0.05) is 18.1 Å². The highest BCUT2D eigenvalue weighted by Crippen LogP contribution is 2.36. The first kappa shape index (κ1) is 15.3. The van der Waals surface area contributed by atoms with E-state index in [-0.39, 0.29) is 6.61 Å². The van der Waals surface area contributed by atoms with Crippen molar-refractivity contribution >= 4 is 0 Å². The quantitative estimate of drug-likeness (QED) is 0.744. The zero-order valence-corrected chi connectivity index (χ0v) is 13.0. The van der Waals surface area contributed by atoms with Crippen molar-refractivity contribution < 1.29 is 5.11 Å². The first-order valence-electron chi connectivity index (χ1n) is 8.07. The number of aliphatic hydroxyl groups is 1. The van der Waals surface area contributed by atoms with Crippen molar-refractivity contribution in [1.82, 2.24) is 10.2 Å². The van der Waals surface area contributed by atoms with Crippen molar-refractivity contribution in [2.75, 3.05) is 20.2 Å². The fraction of sp³-hybridized carbons (Fsp3) is 1.00. The minimum atomic E-state index is 0.280. The van der Waals surface area contributed by atoms with Crippen LogP contribution in [0.25, 0.3) is 0 Å². The predicted octanol–water partition coefficient (Wildman–Crippen LogP) is 2.39. The molecule has 0 aliphatic heterocycles. The van der Waals surface area contributed by atoms with Gasteiger partial charge >= 0.3 is 0 Å². The number of hydrogen-bond acceptors (Lipinski definition) is 3. The Labute approximate surface area is 118 Å². The van der Waals surface area contributed by atoms with Crippen LogP contribution < -0.4 is 5.32 Å². The molecule has 0 spiro atoms. The summed E-state index contributed by atoms with van der Waals surface area (Å²) >= 11 is 0. The van der Waals surface area contributed by atoms with E-state index >= 15 is 0 Å². The summed E-state index contributed by atoms with van der Waals surface area (Å²) in [6.45, 7) is 6.17. The van der Waals surface area contributed by atoms with Gasteiger partial charge in [-0.1, -0.05) is 13.8 Å². The Bertz CT molecular complexity index is 266. The maximum atomic E-state index is 9.41. The molecule has 19 heavy (non-hydrogen) atoms. The molecule has 2 aliphatic rings. The number of nitrogens with zero attached hydrogens (tertiary/aromatic N) is 1. The van der Waals surface area contributed by atoms with Crippen molar-refractivity contribution in [3.8, 4) is 0 Å². The lowest BCUT2D eigenvalue weighted by Gasteiger charge is -2.39. The molecule has 0 aromatic rings. The van der Waals surface area contributed by atoms with E-state index in [2.05, 4.69) is 31.1 Å². The second-order valence-corrected chi connectivity index (χ2v) is 7.49. The fourth-order valence-corrected chi connectivity index (χ4v) is 3.18. The van der Waals surface area contributed by atoms with Crippen molar-refractivity contribution in [3.05, 3.63) is 0 Å². The zero-order valence-electron chi connectivity index (χ0n) is 13.0. The molecule has 0 radical (unpaired) electrons. The van der Waals surface area contributed by atoms with Crippen LogP contribution in [-0.4, -0.2) is 48.3 Å². The average Bonchev–Trinajstić information content (AvgIpc) is 3.18. The molecule has 3 nitrogen and oxygen atoms in total. The molecular weight excluding hydrogens is 236 g/mol. The van der Waals surface area contributed by atoms with Crippen LogP contribution in [0.15, 0.2) is 0 Å². The molecule has 112 valence electrons. The molecule has 0 aromatic heterocycles. The van der Waals surface area contributed by atoms with Crippen LogP contribution in [0.2, 0.25) is 0 Å². The van der Waals surface area contributed by atoms with Crippen molar-refractivity contribution in [3.63, 3.8) is 0 Å². The predicted molar refractivity (Wildman–Crippen MR) is 80.3 cm³/mol. The molecular formula is C16H32N2O. The lowest BCUT2D eigenvalue weighted by Crippen LogP contribution is -2.41. The summed E-state index contributed by atoms with van der Waals surface area (Å²) in [5.41, 5.74) is 0.554. The van der Waals surface area contributed by atoms with E-state index in [1.54, 1.807) is 0 Å². The number of hydrogen-bond donors (Lipinski definition) is 2. The molecule has 3 heteroatoms. The molecule has 1 unspecified atom stereocenters. The third-order valence-corrected chi connectivity index (χ3v) is 5.03. The van der Waals surface area contributed by atoms with Gasteiger partial charge in [-0.05, 0) is 64.0 Å². The van der Waals surface area contributed by atoms with E-state index in [1.807, 2.05) is 0 Å². The van der Waals surface area contributed by atoms with E-state index < -0.39 is 0 Å². The van der Waals surface area contributed by atoms with E-state index in [0.717, 1.165) is 19.0 Å². The maximum Gasteiger partial charge on any atom is 0.0585 e. The Morgan fingerprint density at radius 2 is 1.84 bits per heavy atom. The molecule has 0 bridgehead atoms. The summed E-state index contributed by atoms with van der Waals surface area (Å²) in [6, 6.07) is 1.75. The molecule has 1 atom stereocenters. The normalized spacial score (nSPS) is 25.7. The first-order chi connectivity index (χ1) is 9.00. The molecule has 2 saturated carbocycles. The summed E-state index contributed by atoms with van der Waals surface area (Å²) in [5, 5.41) is 12.9. The van der Waals surface area contributed by atoms with Gasteiger partial charge in [0.2, 0.25) is 0 Å². The van der Waals surface area contributed by atoms with Crippen molar-refractivity contribution in [1.29, 1.82) is 0 Å². The highest BCUT2D eigenvalue weighted by Gasteiger charge is 2.29. The second-order valence-electron chi connectivity index (χ2n) is 7.49. The first-order valence-corrected chi connectivity index (χ1v) is 8.07. The van der Waals surface area contributed by atoms with E-state index in [1.165, 1.54) is 38.5 Å². The smallest absolute Gasteiger partial charge is 0.0585 e. The summed E-state index contributed by atoms with van der Waals surface area (Å²) < 4.78 is 0. The average molecular weight is 268 g/mol. The third kappa shape index (κ3) is 5.05. The Kier molecular flexibility index (Phi) is 5.27. The van der Waals surface area contributed by atoms with Gasteiger partial charge in [-0.3, -0.25) is 0 Å². The molecule has 2 rings (SSSR count). The molecule has 2 N–H and O–H groups in total. The van der Waals surface area contributed by atoms with Gasteiger partial charge in [0.1, 0.15) is 0 Å². The van der Waals surface area contributed by atoms with Gasteiger partial charge in [0.05, 0.1) is 6.61 Å². The zero-order chi connectivity index (χ0) is 13.9. The van der Waals surface area contributed by atoms with Gasteiger partial charge in [-0.25, -0.2) is 0 Å². The molecule has 0 amide bonds. The van der Waals surface area contributed by atoms with E-state index in [4.69, 9.17) is 0 Å². The van der Waals surface area contributed by atoms with Crippen LogP contribution in [-0.2, 0) is 0 Å². The van der Waals surface area contributed by atoms with Gasteiger partial charge in [-0.15, -0.1) is 0 Å². The standard InChI is InChI=1S/C16H32N2O/c1-16(2)9-6-15(7-10-16)18(3)11-8-14(12-19)17-13-4-5-13/h13-15,17,19H,4-12H2,1-3H3. The molecule has 0 heterocycles. The largest absolute Gasteiger partial charge is 0.395 e. The maximum absolute atomic E-state index is 9.41. The minimum Gasteiger partial charge on any atom is -0.395 e. The van der Waals surface area contributed by atoms with E-state index in [0.29, 0.717) is 17.5 Å². The van der Waals surface area contributed by atoms with Gasteiger partial charge in [-0.2, -0.15) is 0 Å².